The fourth-order valence-corrected chi connectivity index (χ4v) is 4.21. The Morgan fingerprint density at radius 2 is 1.80 bits per heavy atom. The van der Waals surface area contributed by atoms with Crippen LogP contribution in [-0.2, 0) is 23.8 Å². The van der Waals surface area contributed by atoms with Gasteiger partial charge in [-0.3, -0.25) is 19.2 Å². The molecule has 14 heteroatoms. The van der Waals surface area contributed by atoms with E-state index in [2.05, 4.69) is 10.6 Å². The molecule has 1 aromatic heterocycles. The second-order valence-corrected chi connectivity index (χ2v) is 8.63. The van der Waals surface area contributed by atoms with Gasteiger partial charge in [-0.25, -0.2) is 4.79 Å². The topological polar surface area (TPSA) is 163 Å². The van der Waals surface area contributed by atoms with Crippen molar-refractivity contribution >= 4 is 69.2 Å². The number of nitrogens with two attached hydrogens (primary N) is 1. The van der Waals surface area contributed by atoms with Gasteiger partial charge in [0.2, 0.25) is 0 Å². The standard InChI is InChI=1S/C21H21Cl2N3O8S/c1-10-16(21(31)33-6-5-32-2)20(35-17(10)18(24)29)26-14(27)9-34-15(28)8-25-19(30)12-4-3-11(22)7-13(12)23/h3-4,7H,5-6,8-9H2,1-2H3,(H2,24,29)(H,25,30)(H,26,27). The first kappa shape index (κ1) is 28.1. The van der Waals surface area contributed by atoms with Crippen LogP contribution in [0.25, 0.3) is 0 Å². The number of hydrogen-bond acceptors (Lipinski definition) is 9. The highest BCUT2D eigenvalue weighted by Crippen LogP contribution is 2.33. The average Bonchev–Trinajstić information content (AvgIpc) is 3.12. The molecule has 3 amide bonds. The van der Waals surface area contributed by atoms with Crippen LogP contribution in [0.15, 0.2) is 18.2 Å². The molecule has 0 atom stereocenters. The van der Waals surface area contributed by atoms with Gasteiger partial charge in [0.05, 0.1) is 27.6 Å². The lowest BCUT2D eigenvalue weighted by atomic mass is 10.1. The first-order chi connectivity index (χ1) is 16.5. The van der Waals surface area contributed by atoms with Gasteiger partial charge in [-0.05, 0) is 30.7 Å². The summed E-state index contributed by atoms with van der Waals surface area (Å²) in [5.74, 6) is -3.93. The van der Waals surface area contributed by atoms with Gasteiger partial charge in [0.25, 0.3) is 17.7 Å². The van der Waals surface area contributed by atoms with E-state index in [0.717, 1.165) is 11.3 Å². The smallest absolute Gasteiger partial charge is 0.341 e. The molecule has 0 spiro atoms. The van der Waals surface area contributed by atoms with Crippen LogP contribution in [0.3, 0.4) is 0 Å². The van der Waals surface area contributed by atoms with Gasteiger partial charge in [0, 0.05) is 12.1 Å². The van der Waals surface area contributed by atoms with E-state index in [-0.39, 0.29) is 44.8 Å². The van der Waals surface area contributed by atoms with Crippen molar-refractivity contribution in [1.82, 2.24) is 5.32 Å². The van der Waals surface area contributed by atoms with Crippen LogP contribution >= 0.6 is 34.5 Å². The zero-order valence-electron chi connectivity index (χ0n) is 18.6. The Balaban J connectivity index is 1.96. The van der Waals surface area contributed by atoms with E-state index in [1.54, 1.807) is 0 Å². The number of thiophene rings is 1. The van der Waals surface area contributed by atoms with Gasteiger partial charge >= 0.3 is 11.9 Å². The Morgan fingerprint density at radius 1 is 1.09 bits per heavy atom. The summed E-state index contributed by atoms with van der Waals surface area (Å²) < 4.78 is 14.7. The Morgan fingerprint density at radius 3 is 2.43 bits per heavy atom. The SMILES string of the molecule is COCCOC(=O)c1c(NC(=O)COC(=O)CNC(=O)c2ccc(Cl)cc2Cl)sc(C(N)=O)c1C. The minimum absolute atomic E-state index is 0.00505. The van der Waals surface area contributed by atoms with Crippen LogP contribution < -0.4 is 16.4 Å². The maximum absolute atomic E-state index is 12.4. The third-order valence-electron chi connectivity index (χ3n) is 4.28. The van der Waals surface area contributed by atoms with E-state index in [0.29, 0.717) is 5.02 Å². The van der Waals surface area contributed by atoms with Crippen molar-refractivity contribution in [2.75, 3.05) is 38.8 Å². The van der Waals surface area contributed by atoms with Crippen LogP contribution in [0.1, 0.15) is 36.0 Å². The minimum atomic E-state index is -0.905. The number of benzene rings is 1. The largest absolute Gasteiger partial charge is 0.460 e. The molecular formula is C21H21Cl2N3O8S. The molecule has 0 fully saturated rings. The maximum Gasteiger partial charge on any atom is 0.341 e. The number of esters is 2. The van der Waals surface area contributed by atoms with Crippen LogP contribution in [0.2, 0.25) is 10.0 Å². The Labute approximate surface area is 213 Å². The van der Waals surface area contributed by atoms with Crippen molar-refractivity contribution in [3.05, 3.63) is 49.8 Å². The van der Waals surface area contributed by atoms with Gasteiger partial charge in [-0.1, -0.05) is 23.2 Å². The minimum Gasteiger partial charge on any atom is -0.460 e. The van der Waals surface area contributed by atoms with E-state index < -0.39 is 42.8 Å². The zero-order valence-corrected chi connectivity index (χ0v) is 20.9. The second kappa shape index (κ2) is 13.0. The van der Waals surface area contributed by atoms with Crippen LogP contribution in [-0.4, -0.2) is 63.1 Å². The molecule has 0 aliphatic heterocycles. The first-order valence-electron chi connectivity index (χ1n) is 9.83. The number of carbonyl (C=O) groups excluding carboxylic acids is 5. The van der Waals surface area contributed by atoms with Crippen LogP contribution in [0.4, 0.5) is 5.00 Å². The molecule has 0 radical (unpaired) electrons. The molecule has 0 aliphatic carbocycles. The van der Waals surface area contributed by atoms with E-state index >= 15 is 0 Å². The highest BCUT2D eigenvalue weighted by Gasteiger charge is 2.26. The average molecular weight is 546 g/mol. The Hall–Kier alpha value is -3.19. The summed E-state index contributed by atoms with van der Waals surface area (Å²) in [6.07, 6.45) is 0. The number of nitrogens with one attached hydrogen (secondary N) is 2. The van der Waals surface area contributed by atoms with Gasteiger partial charge in [-0.2, -0.15) is 0 Å². The number of primary amides is 1. The lowest BCUT2D eigenvalue weighted by molar-refractivity contribution is -0.146. The highest BCUT2D eigenvalue weighted by atomic mass is 35.5. The van der Waals surface area contributed by atoms with E-state index in [4.69, 9.17) is 43.1 Å². The number of halogens is 2. The van der Waals surface area contributed by atoms with Crippen LogP contribution in [0, 0.1) is 6.92 Å². The fourth-order valence-electron chi connectivity index (χ4n) is 2.65. The molecule has 0 saturated carbocycles. The van der Waals surface area contributed by atoms with Crippen molar-refractivity contribution in [3.63, 3.8) is 0 Å². The summed E-state index contributed by atoms with van der Waals surface area (Å²) in [4.78, 5) is 60.5. The van der Waals surface area contributed by atoms with Crippen molar-refractivity contribution in [2.24, 2.45) is 5.73 Å². The quantitative estimate of drug-likeness (QED) is 0.285. The maximum atomic E-state index is 12.4. The first-order valence-corrected chi connectivity index (χ1v) is 11.4. The number of ether oxygens (including phenoxy) is 3. The van der Waals surface area contributed by atoms with Gasteiger partial charge in [-0.15, -0.1) is 11.3 Å². The number of hydrogen-bond donors (Lipinski definition) is 3. The highest BCUT2D eigenvalue weighted by molar-refractivity contribution is 7.18. The van der Waals surface area contributed by atoms with Crippen molar-refractivity contribution in [3.8, 4) is 0 Å². The van der Waals surface area contributed by atoms with Crippen molar-refractivity contribution < 1.29 is 38.2 Å². The summed E-state index contributed by atoms with van der Waals surface area (Å²) in [5, 5.41) is 5.16. The third-order valence-corrected chi connectivity index (χ3v) is 6.05. The molecule has 0 unspecified atom stereocenters. The predicted octanol–water partition coefficient (Wildman–Crippen LogP) is 2.18. The molecular weight excluding hydrogens is 525 g/mol. The summed E-state index contributed by atoms with van der Waals surface area (Å²) >= 11 is 12.5. The van der Waals surface area contributed by atoms with Gasteiger partial charge in [0.1, 0.15) is 18.2 Å². The van der Waals surface area contributed by atoms with Crippen molar-refractivity contribution in [2.45, 2.75) is 6.92 Å². The molecule has 2 aromatic rings. The zero-order chi connectivity index (χ0) is 26.1. The summed E-state index contributed by atoms with van der Waals surface area (Å²) in [6, 6.07) is 4.22. The molecule has 1 aromatic carbocycles. The molecule has 188 valence electrons. The Bertz CT molecular complexity index is 1150. The molecule has 0 bridgehead atoms. The molecule has 35 heavy (non-hydrogen) atoms. The number of carbonyl (C=O) groups is 5. The summed E-state index contributed by atoms with van der Waals surface area (Å²) in [7, 11) is 1.43. The molecule has 11 nitrogen and oxygen atoms in total. The molecule has 0 saturated heterocycles. The summed E-state index contributed by atoms with van der Waals surface area (Å²) in [6.45, 7) is 0.322. The molecule has 2 rings (SSSR count). The number of amides is 3. The Kier molecular flexibility index (Phi) is 10.5. The normalized spacial score (nSPS) is 10.4. The van der Waals surface area contributed by atoms with Gasteiger partial charge < -0.3 is 30.6 Å². The van der Waals surface area contributed by atoms with Crippen molar-refractivity contribution in [1.29, 1.82) is 0 Å². The lowest BCUT2D eigenvalue weighted by Crippen LogP contribution is -2.32. The van der Waals surface area contributed by atoms with Gasteiger partial charge in [0.15, 0.2) is 6.61 Å². The number of methoxy groups -OCH3 is 1. The monoisotopic (exact) mass is 545 g/mol. The number of rotatable bonds is 11. The predicted molar refractivity (Wildman–Crippen MR) is 128 cm³/mol. The summed E-state index contributed by atoms with van der Waals surface area (Å²) in [5.41, 5.74) is 5.62. The van der Waals surface area contributed by atoms with E-state index in [1.165, 1.54) is 32.2 Å². The molecule has 4 N–H and O–H groups in total. The molecule has 1 heterocycles. The fraction of sp³-hybridized carbons (Fsp3) is 0.286. The third kappa shape index (κ3) is 7.92. The van der Waals surface area contributed by atoms with Crippen LogP contribution in [0.5, 0.6) is 0 Å². The molecule has 0 aliphatic rings. The van der Waals surface area contributed by atoms with E-state index in [1.807, 2.05) is 0 Å². The number of anilines is 1. The van der Waals surface area contributed by atoms with E-state index in [9.17, 15) is 24.0 Å². The lowest BCUT2D eigenvalue weighted by Gasteiger charge is -2.09. The second-order valence-electron chi connectivity index (χ2n) is 6.77.